The van der Waals surface area contributed by atoms with E-state index in [4.69, 9.17) is 9.47 Å². The molecule has 3 amide bonds. The van der Waals surface area contributed by atoms with Gasteiger partial charge in [0.05, 0.1) is 0 Å². The topological polar surface area (TPSA) is 143 Å². The minimum atomic E-state index is -1.13. The van der Waals surface area contributed by atoms with Crippen LogP contribution < -0.4 is 16.0 Å². The van der Waals surface area contributed by atoms with Crippen molar-refractivity contribution in [2.75, 3.05) is 13.1 Å². The quantitative estimate of drug-likeness (QED) is 0.273. The molecule has 0 aliphatic heterocycles. The zero-order valence-corrected chi connectivity index (χ0v) is 20.9. The van der Waals surface area contributed by atoms with Gasteiger partial charge in [-0.15, -0.1) is 0 Å². The molecule has 0 aliphatic carbocycles. The zero-order chi connectivity index (χ0) is 26.1. The van der Waals surface area contributed by atoms with Crippen LogP contribution in [0.4, 0.5) is 9.59 Å². The fourth-order valence-corrected chi connectivity index (χ4v) is 3.05. The largest absolute Gasteiger partial charge is 0.480 e. The van der Waals surface area contributed by atoms with Crippen molar-refractivity contribution in [2.24, 2.45) is 0 Å². The number of hydrogen-bond donors (Lipinski definition) is 4. The second-order valence-corrected chi connectivity index (χ2v) is 9.18. The molecule has 0 aliphatic rings. The summed E-state index contributed by atoms with van der Waals surface area (Å²) in [5.74, 6) is -1.20. The van der Waals surface area contributed by atoms with Gasteiger partial charge >= 0.3 is 18.2 Å². The number of aliphatic carboxylic acids is 1. The third-order valence-electron chi connectivity index (χ3n) is 4.79. The summed E-state index contributed by atoms with van der Waals surface area (Å²) in [4.78, 5) is 46.7. The maximum absolute atomic E-state index is 11.9. The Balaban J connectivity index is 2.08. The fraction of sp³-hybridized carbons (Fsp3) is 0.600. The van der Waals surface area contributed by atoms with Gasteiger partial charge in [0.2, 0.25) is 5.91 Å². The molecule has 0 saturated heterocycles. The van der Waals surface area contributed by atoms with E-state index < -0.39 is 29.8 Å². The van der Waals surface area contributed by atoms with Crippen LogP contribution in [0.5, 0.6) is 0 Å². The number of nitrogens with one attached hydrogen (secondary N) is 3. The molecule has 0 radical (unpaired) electrons. The highest BCUT2D eigenvalue weighted by molar-refractivity contribution is 5.79. The van der Waals surface area contributed by atoms with Crippen LogP contribution in [0.3, 0.4) is 0 Å². The maximum atomic E-state index is 11.9. The van der Waals surface area contributed by atoms with Gasteiger partial charge in [-0.2, -0.15) is 0 Å². The number of amides is 3. The summed E-state index contributed by atoms with van der Waals surface area (Å²) in [6.07, 6.45) is 2.77. The average Bonchev–Trinajstić information content (AvgIpc) is 2.78. The van der Waals surface area contributed by atoms with Crippen molar-refractivity contribution in [3.05, 3.63) is 35.9 Å². The monoisotopic (exact) mass is 493 g/mol. The van der Waals surface area contributed by atoms with Gasteiger partial charge in [-0.1, -0.05) is 36.8 Å². The highest BCUT2D eigenvalue weighted by Gasteiger charge is 2.20. The SMILES string of the molecule is CC(C)(C)OC(=O)NCCCCCC(=O)NCCCCC(NC(=O)OCc1ccccc1)C(=O)O. The molecule has 0 spiro atoms. The summed E-state index contributed by atoms with van der Waals surface area (Å²) in [5, 5.41) is 17.2. The van der Waals surface area contributed by atoms with Gasteiger partial charge in [0.1, 0.15) is 18.2 Å². The first-order chi connectivity index (χ1) is 16.6. The van der Waals surface area contributed by atoms with Crippen LogP contribution in [0.25, 0.3) is 0 Å². The van der Waals surface area contributed by atoms with Crippen molar-refractivity contribution in [3.63, 3.8) is 0 Å². The summed E-state index contributed by atoms with van der Waals surface area (Å²) in [5.41, 5.74) is 0.282. The molecule has 4 N–H and O–H groups in total. The van der Waals surface area contributed by atoms with E-state index in [0.717, 1.165) is 18.4 Å². The molecule has 35 heavy (non-hydrogen) atoms. The van der Waals surface area contributed by atoms with Gasteiger partial charge in [-0.25, -0.2) is 14.4 Å². The highest BCUT2D eigenvalue weighted by Crippen LogP contribution is 2.07. The van der Waals surface area contributed by atoms with E-state index in [2.05, 4.69) is 16.0 Å². The van der Waals surface area contributed by atoms with E-state index in [0.29, 0.717) is 38.8 Å². The molecule has 196 valence electrons. The minimum absolute atomic E-state index is 0.0608. The molecule has 0 bridgehead atoms. The Hall–Kier alpha value is -3.30. The summed E-state index contributed by atoms with van der Waals surface area (Å²) < 4.78 is 10.2. The second-order valence-electron chi connectivity index (χ2n) is 9.18. The highest BCUT2D eigenvalue weighted by atomic mass is 16.6. The van der Waals surface area contributed by atoms with Crippen molar-refractivity contribution >= 4 is 24.1 Å². The molecule has 1 aromatic rings. The van der Waals surface area contributed by atoms with Gasteiger partial charge < -0.3 is 30.5 Å². The number of carbonyl (C=O) groups excluding carboxylic acids is 3. The molecule has 10 heteroatoms. The number of carbonyl (C=O) groups is 4. The first-order valence-corrected chi connectivity index (χ1v) is 12.0. The Morgan fingerprint density at radius 1 is 0.886 bits per heavy atom. The van der Waals surface area contributed by atoms with Gasteiger partial charge in [0.25, 0.3) is 0 Å². The molecule has 0 fully saturated rings. The van der Waals surface area contributed by atoms with Gasteiger partial charge in [-0.3, -0.25) is 4.79 Å². The molecule has 1 rings (SSSR count). The number of carboxylic acid groups (broad SMARTS) is 1. The molecular formula is C25H39N3O7. The standard InChI is InChI=1S/C25H39N3O7/c1-25(2,3)35-23(32)27-17-10-5-8-15-21(29)26-16-11-9-14-20(22(30)31)28-24(33)34-18-19-12-6-4-7-13-19/h4,6-7,12-13,20H,5,8-11,14-18H2,1-3H3,(H,26,29)(H,27,32)(H,28,33)(H,30,31). The molecule has 1 aromatic carbocycles. The maximum Gasteiger partial charge on any atom is 0.408 e. The third kappa shape index (κ3) is 16.0. The van der Waals surface area contributed by atoms with E-state index in [1.165, 1.54) is 0 Å². The van der Waals surface area contributed by atoms with Crippen LogP contribution in [0.2, 0.25) is 0 Å². The minimum Gasteiger partial charge on any atom is -0.480 e. The summed E-state index contributed by atoms with van der Waals surface area (Å²) >= 11 is 0. The van der Waals surface area contributed by atoms with Crippen molar-refractivity contribution in [2.45, 2.75) is 84.0 Å². The molecule has 10 nitrogen and oxygen atoms in total. The summed E-state index contributed by atoms with van der Waals surface area (Å²) in [6.45, 7) is 6.40. The average molecular weight is 494 g/mol. The van der Waals surface area contributed by atoms with Crippen molar-refractivity contribution < 1.29 is 33.8 Å². The van der Waals surface area contributed by atoms with Crippen LogP contribution in [0.1, 0.15) is 71.3 Å². The number of unbranched alkanes of at least 4 members (excludes halogenated alkanes) is 3. The summed E-state index contributed by atoms with van der Waals surface area (Å²) in [6, 6.07) is 8.05. The lowest BCUT2D eigenvalue weighted by Gasteiger charge is -2.19. The van der Waals surface area contributed by atoms with Gasteiger partial charge in [0, 0.05) is 19.5 Å². The number of benzene rings is 1. The Morgan fingerprint density at radius 2 is 1.54 bits per heavy atom. The van der Waals surface area contributed by atoms with E-state index >= 15 is 0 Å². The fourth-order valence-electron chi connectivity index (χ4n) is 3.05. The number of alkyl carbamates (subject to hydrolysis) is 2. The van der Waals surface area contributed by atoms with Crippen LogP contribution >= 0.6 is 0 Å². The van der Waals surface area contributed by atoms with E-state index in [9.17, 15) is 24.3 Å². The molecule has 0 saturated carbocycles. The predicted octanol–water partition coefficient (Wildman–Crippen LogP) is 3.74. The molecule has 0 heterocycles. The Bertz CT molecular complexity index is 794. The van der Waals surface area contributed by atoms with Crippen LogP contribution in [0.15, 0.2) is 30.3 Å². The molecular weight excluding hydrogens is 454 g/mol. The first-order valence-electron chi connectivity index (χ1n) is 12.0. The van der Waals surface area contributed by atoms with E-state index in [-0.39, 0.29) is 18.9 Å². The van der Waals surface area contributed by atoms with Gasteiger partial charge in [-0.05, 0) is 58.4 Å². The number of hydrogen-bond acceptors (Lipinski definition) is 6. The lowest BCUT2D eigenvalue weighted by Crippen LogP contribution is -2.41. The Kier molecular flexibility index (Phi) is 13.9. The lowest BCUT2D eigenvalue weighted by molar-refractivity contribution is -0.139. The molecule has 1 atom stereocenters. The van der Waals surface area contributed by atoms with Crippen LogP contribution in [-0.2, 0) is 25.7 Å². The number of carboxylic acids is 1. The van der Waals surface area contributed by atoms with Crippen molar-refractivity contribution in [1.82, 2.24) is 16.0 Å². The smallest absolute Gasteiger partial charge is 0.408 e. The van der Waals surface area contributed by atoms with Gasteiger partial charge in [0.15, 0.2) is 0 Å². The van der Waals surface area contributed by atoms with Crippen LogP contribution in [0, 0.1) is 0 Å². The second kappa shape index (κ2) is 16.3. The number of rotatable bonds is 15. The van der Waals surface area contributed by atoms with E-state index in [1.807, 2.05) is 18.2 Å². The van der Waals surface area contributed by atoms with E-state index in [1.54, 1.807) is 32.9 Å². The normalized spacial score (nSPS) is 11.7. The first kappa shape index (κ1) is 29.7. The van der Waals surface area contributed by atoms with Crippen LogP contribution in [-0.4, -0.2) is 53.9 Å². The molecule has 1 unspecified atom stereocenters. The zero-order valence-electron chi connectivity index (χ0n) is 20.9. The van der Waals surface area contributed by atoms with Crippen molar-refractivity contribution in [1.29, 1.82) is 0 Å². The summed E-state index contributed by atoms with van der Waals surface area (Å²) in [7, 11) is 0. The van der Waals surface area contributed by atoms with Crippen molar-refractivity contribution in [3.8, 4) is 0 Å². The third-order valence-corrected chi connectivity index (χ3v) is 4.79. The lowest BCUT2D eigenvalue weighted by atomic mass is 10.1. The number of ether oxygens (including phenoxy) is 2. The predicted molar refractivity (Wildman–Crippen MR) is 131 cm³/mol. The molecule has 0 aromatic heterocycles. The Labute approximate surface area is 207 Å². The Morgan fingerprint density at radius 3 is 2.20 bits per heavy atom.